The lowest BCUT2D eigenvalue weighted by Crippen LogP contribution is -2.18. The van der Waals surface area contributed by atoms with Crippen LogP contribution in [0.4, 0.5) is 0 Å². The van der Waals surface area contributed by atoms with Crippen LogP contribution in [0.5, 0.6) is 0 Å². The second kappa shape index (κ2) is 5.13. The van der Waals surface area contributed by atoms with E-state index in [1.807, 2.05) is 44.2 Å². The highest BCUT2D eigenvalue weighted by Gasteiger charge is 2.15. The smallest absolute Gasteiger partial charge is 0.0814 e. The molecule has 1 aromatic rings. The largest absolute Gasteiger partial charge is 0.393 e. The molecule has 0 aliphatic heterocycles. The molecule has 0 saturated carbocycles. The van der Waals surface area contributed by atoms with Gasteiger partial charge in [0.25, 0.3) is 0 Å². The Hall–Kier alpha value is -0.860. The topological polar surface area (TPSA) is 40.5 Å². The van der Waals surface area contributed by atoms with E-state index in [0.29, 0.717) is 6.42 Å². The second-order valence-electron chi connectivity index (χ2n) is 3.97. The Kier molecular flexibility index (Phi) is 4.11. The molecule has 2 nitrogen and oxygen atoms in total. The molecule has 78 valence electrons. The van der Waals surface area contributed by atoms with Gasteiger partial charge in [0.15, 0.2) is 0 Å². The SMILES string of the molecule is CC(C)[C@H](O)C[C@@H](O)c1ccccc1. The van der Waals surface area contributed by atoms with Crippen LogP contribution in [0.3, 0.4) is 0 Å². The van der Waals surface area contributed by atoms with Crippen molar-refractivity contribution in [2.24, 2.45) is 5.92 Å². The van der Waals surface area contributed by atoms with Gasteiger partial charge in [-0.15, -0.1) is 0 Å². The van der Waals surface area contributed by atoms with Crippen molar-refractivity contribution < 1.29 is 10.2 Å². The zero-order chi connectivity index (χ0) is 10.6. The summed E-state index contributed by atoms with van der Waals surface area (Å²) >= 11 is 0. The lowest BCUT2D eigenvalue weighted by Gasteiger charge is -2.18. The third-order valence-corrected chi connectivity index (χ3v) is 2.42. The fraction of sp³-hybridized carbons (Fsp3) is 0.500. The van der Waals surface area contributed by atoms with E-state index < -0.39 is 12.2 Å². The molecule has 1 rings (SSSR count). The highest BCUT2D eigenvalue weighted by Crippen LogP contribution is 2.20. The summed E-state index contributed by atoms with van der Waals surface area (Å²) in [6.07, 6.45) is -0.597. The van der Waals surface area contributed by atoms with E-state index in [1.54, 1.807) is 0 Å². The van der Waals surface area contributed by atoms with Crippen LogP contribution < -0.4 is 0 Å². The van der Waals surface area contributed by atoms with E-state index in [1.165, 1.54) is 0 Å². The molecule has 1 aromatic carbocycles. The number of aliphatic hydroxyl groups is 2. The summed E-state index contributed by atoms with van der Waals surface area (Å²) < 4.78 is 0. The maximum Gasteiger partial charge on any atom is 0.0814 e. The van der Waals surface area contributed by atoms with Crippen LogP contribution in [0, 0.1) is 5.92 Å². The summed E-state index contributed by atoms with van der Waals surface area (Å²) in [5, 5.41) is 19.4. The van der Waals surface area contributed by atoms with E-state index in [4.69, 9.17) is 0 Å². The van der Waals surface area contributed by atoms with Gasteiger partial charge in [-0.3, -0.25) is 0 Å². The molecule has 0 spiro atoms. The zero-order valence-electron chi connectivity index (χ0n) is 8.72. The van der Waals surface area contributed by atoms with E-state index in [2.05, 4.69) is 0 Å². The first-order valence-electron chi connectivity index (χ1n) is 5.02. The molecule has 0 radical (unpaired) electrons. The highest BCUT2D eigenvalue weighted by atomic mass is 16.3. The molecule has 0 aliphatic rings. The van der Waals surface area contributed by atoms with E-state index >= 15 is 0 Å². The molecule has 2 heteroatoms. The fourth-order valence-corrected chi connectivity index (χ4v) is 1.31. The van der Waals surface area contributed by atoms with Crippen LogP contribution in [0.1, 0.15) is 31.9 Å². The van der Waals surface area contributed by atoms with Crippen LogP contribution in [0.15, 0.2) is 30.3 Å². The van der Waals surface area contributed by atoms with Gasteiger partial charge >= 0.3 is 0 Å². The van der Waals surface area contributed by atoms with Crippen molar-refractivity contribution in [2.45, 2.75) is 32.5 Å². The molecule has 2 N–H and O–H groups in total. The lowest BCUT2D eigenvalue weighted by molar-refractivity contribution is 0.0532. The van der Waals surface area contributed by atoms with Crippen molar-refractivity contribution in [1.29, 1.82) is 0 Å². The predicted octanol–water partition coefficient (Wildman–Crippen LogP) is 2.13. The molecule has 0 fully saturated rings. The van der Waals surface area contributed by atoms with Gasteiger partial charge < -0.3 is 10.2 Å². The van der Waals surface area contributed by atoms with Crippen molar-refractivity contribution in [3.63, 3.8) is 0 Å². The first kappa shape index (κ1) is 11.2. The molecule has 0 heterocycles. The summed E-state index contributed by atoms with van der Waals surface area (Å²) in [6, 6.07) is 9.44. The number of aliphatic hydroxyl groups excluding tert-OH is 2. The third-order valence-electron chi connectivity index (χ3n) is 2.42. The summed E-state index contributed by atoms with van der Waals surface area (Å²) in [5.41, 5.74) is 0.868. The highest BCUT2D eigenvalue weighted by molar-refractivity contribution is 5.17. The number of rotatable bonds is 4. The van der Waals surface area contributed by atoms with Crippen molar-refractivity contribution in [1.82, 2.24) is 0 Å². The molecular weight excluding hydrogens is 176 g/mol. The minimum atomic E-state index is -0.561. The Balaban J connectivity index is 2.55. The first-order chi connectivity index (χ1) is 6.61. The van der Waals surface area contributed by atoms with Gasteiger partial charge in [-0.05, 0) is 11.5 Å². The second-order valence-corrected chi connectivity index (χ2v) is 3.97. The summed E-state index contributed by atoms with van der Waals surface area (Å²) in [5.74, 6) is 0.188. The van der Waals surface area contributed by atoms with Gasteiger partial charge in [-0.2, -0.15) is 0 Å². The Morgan fingerprint density at radius 1 is 1.07 bits per heavy atom. The molecule has 0 unspecified atom stereocenters. The van der Waals surface area contributed by atoms with Crippen LogP contribution in [0.25, 0.3) is 0 Å². The van der Waals surface area contributed by atoms with E-state index in [-0.39, 0.29) is 5.92 Å². The molecule has 0 amide bonds. The average molecular weight is 194 g/mol. The van der Waals surface area contributed by atoms with Crippen molar-refractivity contribution in [3.05, 3.63) is 35.9 Å². The Morgan fingerprint density at radius 2 is 1.64 bits per heavy atom. The van der Waals surface area contributed by atoms with Crippen LogP contribution in [-0.4, -0.2) is 16.3 Å². The van der Waals surface area contributed by atoms with Gasteiger partial charge in [0, 0.05) is 6.42 Å². The first-order valence-corrected chi connectivity index (χ1v) is 5.02. The third kappa shape index (κ3) is 3.13. The fourth-order valence-electron chi connectivity index (χ4n) is 1.31. The molecular formula is C12H18O2. The van der Waals surface area contributed by atoms with E-state index in [0.717, 1.165) is 5.56 Å². The number of hydrogen-bond donors (Lipinski definition) is 2. The van der Waals surface area contributed by atoms with Gasteiger partial charge in [-0.25, -0.2) is 0 Å². The van der Waals surface area contributed by atoms with Crippen LogP contribution in [0.2, 0.25) is 0 Å². The minimum absolute atomic E-state index is 0.188. The van der Waals surface area contributed by atoms with Crippen molar-refractivity contribution >= 4 is 0 Å². The summed E-state index contributed by atoms with van der Waals surface area (Å²) in [4.78, 5) is 0. The molecule has 0 bridgehead atoms. The quantitative estimate of drug-likeness (QED) is 0.770. The maximum absolute atomic E-state index is 9.78. The van der Waals surface area contributed by atoms with Gasteiger partial charge in [0.1, 0.15) is 0 Å². The molecule has 14 heavy (non-hydrogen) atoms. The summed E-state index contributed by atoms with van der Waals surface area (Å²) in [7, 11) is 0. The monoisotopic (exact) mass is 194 g/mol. The molecule has 2 atom stereocenters. The van der Waals surface area contributed by atoms with E-state index in [9.17, 15) is 10.2 Å². The Morgan fingerprint density at radius 3 is 2.14 bits per heavy atom. The average Bonchev–Trinajstić information content (AvgIpc) is 2.19. The molecule has 0 aliphatic carbocycles. The Bertz CT molecular complexity index is 256. The van der Waals surface area contributed by atoms with Crippen LogP contribution in [-0.2, 0) is 0 Å². The number of hydrogen-bond acceptors (Lipinski definition) is 2. The lowest BCUT2D eigenvalue weighted by atomic mass is 9.97. The van der Waals surface area contributed by atoms with Gasteiger partial charge in [0.2, 0.25) is 0 Å². The summed E-state index contributed by atoms with van der Waals surface area (Å²) in [6.45, 7) is 3.89. The minimum Gasteiger partial charge on any atom is -0.393 e. The normalized spacial score (nSPS) is 15.5. The van der Waals surface area contributed by atoms with Gasteiger partial charge in [-0.1, -0.05) is 44.2 Å². The van der Waals surface area contributed by atoms with Gasteiger partial charge in [0.05, 0.1) is 12.2 Å². The maximum atomic E-state index is 9.78. The predicted molar refractivity (Wildman–Crippen MR) is 56.9 cm³/mol. The molecule has 0 aromatic heterocycles. The number of benzene rings is 1. The van der Waals surface area contributed by atoms with Crippen molar-refractivity contribution in [3.8, 4) is 0 Å². The van der Waals surface area contributed by atoms with Crippen LogP contribution >= 0.6 is 0 Å². The standard InChI is InChI=1S/C12H18O2/c1-9(2)11(13)8-12(14)10-6-4-3-5-7-10/h3-7,9,11-14H,8H2,1-2H3/t11-,12-/m1/s1. The van der Waals surface area contributed by atoms with Crippen molar-refractivity contribution in [2.75, 3.05) is 0 Å². The Labute approximate surface area is 85.2 Å². The zero-order valence-corrected chi connectivity index (χ0v) is 8.72. The molecule has 0 saturated heterocycles.